The number of hydrogen-bond acceptors (Lipinski definition) is 9. The van der Waals surface area contributed by atoms with Crippen molar-refractivity contribution in [2.24, 2.45) is 5.16 Å². The lowest BCUT2D eigenvalue weighted by Gasteiger charge is -2.32. The molecule has 1 aliphatic rings. The average molecular weight is 461 g/mol. The summed E-state index contributed by atoms with van der Waals surface area (Å²) in [5.41, 5.74) is 2.30. The molecule has 1 aromatic carbocycles. The first-order valence-electron chi connectivity index (χ1n) is 11.6. The van der Waals surface area contributed by atoms with Gasteiger partial charge in [0.1, 0.15) is 23.4 Å². The Morgan fingerprint density at radius 3 is 2.71 bits per heavy atom. The van der Waals surface area contributed by atoms with Crippen LogP contribution >= 0.6 is 0 Å². The summed E-state index contributed by atoms with van der Waals surface area (Å²) in [7, 11) is 0. The quantitative estimate of drug-likeness (QED) is 0.285. The van der Waals surface area contributed by atoms with E-state index >= 15 is 0 Å². The molecule has 0 amide bonds. The molecule has 0 bridgehead atoms. The zero-order chi connectivity index (χ0) is 23.7. The van der Waals surface area contributed by atoms with Crippen molar-refractivity contribution in [2.75, 3.05) is 18.0 Å². The summed E-state index contributed by atoms with van der Waals surface area (Å²) < 4.78 is 11.4. The second-order valence-electron chi connectivity index (χ2n) is 8.95. The number of oxime groups is 1. The maximum absolute atomic E-state index is 5.86. The first-order valence-corrected chi connectivity index (χ1v) is 11.6. The van der Waals surface area contributed by atoms with Gasteiger partial charge >= 0.3 is 0 Å². The van der Waals surface area contributed by atoms with Crippen LogP contribution < -0.4 is 9.74 Å². The van der Waals surface area contributed by atoms with Gasteiger partial charge in [0, 0.05) is 30.3 Å². The number of aromatic nitrogens is 4. The predicted molar refractivity (Wildman–Crippen MR) is 128 cm³/mol. The maximum atomic E-state index is 5.86. The second-order valence-corrected chi connectivity index (χ2v) is 8.95. The molecule has 3 aromatic heterocycles. The average Bonchev–Trinajstić information content (AvgIpc) is 3.51. The highest BCUT2D eigenvalue weighted by Gasteiger charge is 2.27. The minimum absolute atomic E-state index is 0.262. The molecule has 0 unspecified atom stereocenters. The van der Waals surface area contributed by atoms with Gasteiger partial charge in [-0.25, -0.2) is 4.98 Å². The zero-order valence-corrected chi connectivity index (χ0v) is 19.9. The van der Waals surface area contributed by atoms with E-state index in [1.54, 1.807) is 0 Å². The van der Waals surface area contributed by atoms with Gasteiger partial charge in [0.15, 0.2) is 11.6 Å². The predicted octanol–water partition coefficient (Wildman–Crippen LogP) is 5.22. The summed E-state index contributed by atoms with van der Waals surface area (Å²) in [6.45, 7) is 9.61. The third-order valence-electron chi connectivity index (χ3n) is 6.18. The number of rotatable bonds is 6. The summed E-state index contributed by atoms with van der Waals surface area (Å²) in [5, 5.41) is 9.39. The van der Waals surface area contributed by atoms with Crippen molar-refractivity contribution in [1.29, 1.82) is 0 Å². The number of anilines is 1. The Bertz CT molecular complexity index is 1280. The second kappa shape index (κ2) is 9.24. The topological polar surface area (TPSA) is 103 Å². The molecule has 176 valence electrons. The molecule has 5 rings (SSSR count). The molecule has 9 heteroatoms. The van der Waals surface area contributed by atoms with Crippen LogP contribution in [0.2, 0.25) is 0 Å². The van der Waals surface area contributed by atoms with Gasteiger partial charge < -0.3 is 18.7 Å². The molecule has 0 spiro atoms. The molecule has 0 radical (unpaired) electrons. The largest absolute Gasteiger partial charge is 0.455 e. The number of hydrogen-bond donors (Lipinski definition) is 0. The molecule has 0 N–H and O–H groups in total. The number of nitrogens with zero attached hydrogens (tertiary/aromatic N) is 6. The van der Waals surface area contributed by atoms with E-state index in [1.165, 1.54) is 6.33 Å². The lowest BCUT2D eigenvalue weighted by molar-refractivity contribution is 0.320. The third-order valence-corrected chi connectivity index (χ3v) is 6.18. The molecule has 0 saturated carbocycles. The van der Waals surface area contributed by atoms with E-state index in [2.05, 4.69) is 44.0 Å². The van der Waals surface area contributed by atoms with Crippen molar-refractivity contribution in [2.45, 2.75) is 52.4 Å². The van der Waals surface area contributed by atoms with Crippen molar-refractivity contribution < 1.29 is 13.8 Å². The van der Waals surface area contributed by atoms with Crippen LogP contribution in [0, 0.1) is 6.92 Å². The number of para-hydroxylation sites is 1. The van der Waals surface area contributed by atoms with E-state index in [0.29, 0.717) is 17.4 Å². The number of benzene rings is 1. The van der Waals surface area contributed by atoms with Crippen LogP contribution in [-0.4, -0.2) is 38.9 Å². The number of fused-ring (bicyclic) bond motifs is 1. The van der Waals surface area contributed by atoms with Gasteiger partial charge in [-0.3, -0.25) is 0 Å². The van der Waals surface area contributed by atoms with E-state index in [9.17, 15) is 0 Å². The van der Waals surface area contributed by atoms with Gasteiger partial charge in [-0.15, -0.1) is 0 Å². The monoisotopic (exact) mass is 460 g/mol. The minimum Gasteiger partial charge on any atom is -0.455 e. The van der Waals surface area contributed by atoms with Crippen molar-refractivity contribution in [3.8, 4) is 5.88 Å². The number of furan rings is 1. The normalized spacial score (nSPS) is 15.4. The first kappa shape index (κ1) is 22.1. The molecule has 9 nitrogen and oxygen atoms in total. The Hall–Kier alpha value is -3.75. The molecular formula is C25H28N6O3. The molecule has 0 atom stereocenters. The lowest BCUT2D eigenvalue weighted by atomic mass is 9.96. The smallest absolute Gasteiger partial charge is 0.256 e. The summed E-state index contributed by atoms with van der Waals surface area (Å²) >= 11 is 0. The molecule has 1 saturated heterocycles. The van der Waals surface area contributed by atoms with Gasteiger partial charge in [-0.05, 0) is 38.8 Å². The van der Waals surface area contributed by atoms with Gasteiger partial charge in [-0.1, -0.05) is 42.4 Å². The molecule has 4 heterocycles. The van der Waals surface area contributed by atoms with Crippen molar-refractivity contribution in [3.05, 3.63) is 59.7 Å². The van der Waals surface area contributed by atoms with Gasteiger partial charge in [0.2, 0.25) is 5.89 Å². The molecule has 0 aliphatic carbocycles. The lowest BCUT2D eigenvalue weighted by Crippen LogP contribution is -2.34. The Morgan fingerprint density at radius 2 is 1.97 bits per heavy atom. The molecular weight excluding hydrogens is 432 g/mol. The first-order chi connectivity index (χ1) is 16.5. The summed E-state index contributed by atoms with van der Waals surface area (Å²) in [5.74, 6) is 3.99. The van der Waals surface area contributed by atoms with Gasteiger partial charge in [0.05, 0.1) is 5.56 Å². The molecule has 1 fully saturated rings. The minimum atomic E-state index is 0.262. The highest BCUT2D eigenvalue weighted by Crippen LogP contribution is 2.32. The van der Waals surface area contributed by atoms with Gasteiger partial charge in [-0.2, -0.15) is 9.97 Å². The third kappa shape index (κ3) is 4.37. The fourth-order valence-corrected chi connectivity index (χ4v) is 4.14. The van der Waals surface area contributed by atoms with E-state index < -0.39 is 0 Å². The summed E-state index contributed by atoms with van der Waals surface area (Å²) in [4.78, 5) is 21.3. The Labute approximate surface area is 197 Å². The summed E-state index contributed by atoms with van der Waals surface area (Å²) in [6.07, 6.45) is 3.36. The van der Waals surface area contributed by atoms with E-state index in [0.717, 1.165) is 60.0 Å². The molecule has 4 aromatic rings. The highest BCUT2D eigenvalue weighted by atomic mass is 16.6. The summed E-state index contributed by atoms with van der Waals surface area (Å²) in [6, 6.07) is 9.80. The Balaban J connectivity index is 1.26. The SMILES string of the molecule is C/C(=N/Oc1ncnc(N2CCC(c3nc(C(C)C)no3)CC2)c1C)c1cc2ccccc2o1. The zero-order valence-electron chi connectivity index (χ0n) is 19.9. The number of piperidine rings is 1. The molecule has 1 aliphatic heterocycles. The van der Waals surface area contributed by atoms with E-state index in [1.807, 2.05) is 44.2 Å². The Morgan fingerprint density at radius 1 is 1.18 bits per heavy atom. The van der Waals surface area contributed by atoms with E-state index in [4.69, 9.17) is 13.8 Å². The van der Waals surface area contributed by atoms with E-state index in [-0.39, 0.29) is 11.8 Å². The maximum Gasteiger partial charge on any atom is 0.256 e. The van der Waals surface area contributed by atoms with Crippen molar-refractivity contribution in [3.63, 3.8) is 0 Å². The highest BCUT2D eigenvalue weighted by molar-refractivity contribution is 5.99. The Kier molecular flexibility index (Phi) is 6.00. The van der Waals surface area contributed by atoms with Crippen LogP contribution in [0.3, 0.4) is 0 Å². The standard InChI is InChI=1S/C25H28N6O3/c1-15(2)22-28-25(34-30-22)18-9-11-31(12-10-18)23-16(3)24(27-14-26-23)33-29-17(4)21-13-19-7-5-6-8-20(19)32-21/h5-8,13-15,18H,9-12H2,1-4H3/b29-17-. The van der Waals surface area contributed by atoms with Crippen LogP contribution in [0.4, 0.5) is 5.82 Å². The van der Waals surface area contributed by atoms with Crippen LogP contribution in [0.15, 0.2) is 50.8 Å². The van der Waals surface area contributed by atoms with Crippen LogP contribution in [0.25, 0.3) is 11.0 Å². The van der Waals surface area contributed by atoms with Crippen LogP contribution in [0.5, 0.6) is 5.88 Å². The fourth-order valence-electron chi connectivity index (χ4n) is 4.14. The van der Waals surface area contributed by atoms with Crippen LogP contribution in [-0.2, 0) is 0 Å². The van der Waals surface area contributed by atoms with Crippen molar-refractivity contribution in [1.82, 2.24) is 20.1 Å². The fraction of sp³-hybridized carbons (Fsp3) is 0.400. The van der Waals surface area contributed by atoms with Crippen molar-refractivity contribution >= 4 is 22.5 Å². The van der Waals surface area contributed by atoms with Crippen LogP contribution in [0.1, 0.15) is 68.5 Å². The molecule has 34 heavy (non-hydrogen) atoms. The van der Waals surface area contributed by atoms with Gasteiger partial charge in [0.25, 0.3) is 5.88 Å².